The number of rotatable bonds is 11. The summed E-state index contributed by atoms with van der Waals surface area (Å²) in [6, 6.07) is 16.2. The maximum Gasteiger partial charge on any atom is 0.307 e. The number of esters is 1. The van der Waals surface area contributed by atoms with Crippen LogP contribution in [0.1, 0.15) is 35.2 Å². The summed E-state index contributed by atoms with van der Waals surface area (Å²) in [5.74, 6) is -0.429. The van der Waals surface area contributed by atoms with Crippen LogP contribution < -0.4 is 4.74 Å². The first-order chi connectivity index (χ1) is 17.4. The Morgan fingerprint density at radius 2 is 1.72 bits per heavy atom. The van der Waals surface area contributed by atoms with Crippen LogP contribution in [0.15, 0.2) is 54.6 Å². The van der Waals surface area contributed by atoms with E-state index in [1.54, 1.807) is 31.4 Å². The molecule has 0 spiro atoms. The summed E-state index contributed by atoms with van der Waals surface area (Å²) in [7, 11) is 2.88. The van der Waals surface area contributed by atoms with Gasteiger partial charge in [-0.1, -0.05) is 42.5 Å². The van der Waals surface area contributed by atoms with Gasteiger partial charge in [-0.05, 0) is 17.7 Å². The van der Waals surface area contributed by atoms with Crippen molar-refractivity contribution in [1.29, 1.82) is 0 Å². The first-order valence-electron chi connectivity index (χ1n) is 11.8. The Morgan fingerprint density at radius 1 is 0.944 bits per heavy atom. The highest BCUT2D eigenvalue weighted by Gasteiger charge is 2.31. The Bertz CT molecular complexity index is 1060. The van der Waals surface area contributed by atoms with E-state index in [-0.39, 0.29) is 69.6 Å². The number of ketones is 1. The van der Waals surface area contributed by atoms with Gasteiger partial charge in [0, 0.05) is 38.0 Å². The lowest BCUT2D eigenvalue weighted by Crippen LogP contribution is -2.40. The third kappa shape index (κ3) is 7.91. The summed E-state index contributed by atoms with van der Waals surface area (Å²) in [4.78, 5) is 53.0. The molecule has 9 heteroatoms. The van der Waals surface area contributed by atoms with E-state index in [1.165, 1.54) is 16.9 Å². The van der Waals surface area contributed by atoms with Crippen molar-refractivity contribution in [3.63, 3.8) is 0 Å². The zero-order valence-electron chi connectivity index (χ0n) is 20.7. The number of methoxy groups -OCH3 is 2. The van der Waals surface area contributed by atoms with Crippen molar-refractivity contribution in [2.75, 3.05) is 40.4 Å². The van der Waals surface area contributed by atoms with Gasteiger partial charge in [0.2, 0.25) is 11.8 Å². The molecule has 0 radical (unpaired) electrons. The molecule has 9 nitrogen and oxygen atoms in total. The summed E-state index contributed by atoms with van der Waals surface area (Å²) in [6.45, 7) is 0.711. The molecule has 2 aromatic rings. The number of carbonyl (C=O) groups excluding carboxylic acids is 4. The zero-order chi connectivity index (χ0) is 25.9. The standard InChI is InChI=1S/C27H32N2O7/c1-34-22-10-6-7-20(15-22)19-36-23-16-28(14-13-27(33)35-2)26(32)18-29(17-23)25(31)12-11-24(30)21-8-4-3-5-9-21/h3-10,15,23H,11-14,16-19H2,1-2H3/t23-/m1/s1. The number of nitrogens with zero attached hydrogens (tertiary/aromatic N) is 2. The molecule has 1 saturated heterocycles. The number of ether oxygens (including phenoxy) is 3. The Kier molecular flexibility index (Phi) is 10.00. The third-order valence-corrected chi connectivity index (χ3v) is 5.97. The van der Waals surface area contributed by atoms with Crippen LogP contribution in [-0.4, -0.2) is 79.9 Å². The average molecular weight is 497 g/mol. The van der Waals surface area contributed by atoms with Crippen LogP contribution in [0.5, 0.6) is 5.75 Å². The van der Waals surface area contributed by atoms with E-state index in [0.29, 0.717) is 11.3 Å². The first-order valence-corrected chi connectivity index (χ1v) is 11.8. The smallest absolute Gasteiger partial charge is 0.307 e. The average Bonchev–Trinajstić information content (AvgIpc) is 3.07. The molecular weight excluding hydrogens is 464 g/mol. The minimum atomic E-state index is -0.478. The number of Topliss-reactive ketones (excluding diaryl/α,β-unsaturated/α-hetero) is 1. The summed E-state index contributed by atoms with van der Waals surface area (Å²) in [5.41, 5.74) is 1.43. The molecule has 192 valence electrons. The van der Waals surface area contributed by atoms with Crippen LogP contribution in [-0.2, 0) is 30.5 Å². The Morgan fingerprint density at radius 3 is 2.44 bits per heavy atom. The van der Waals surface area contributed by atoms with Crippen LogP contribution in [0.2, 0.25) is 0 Å². The molecule has 36 heavy (non-hydrogen) atoms. The number of benzene rings is 2. The fourth-order valence-corrected chi connectivity index (χ4v) is 3.94. The van der Waals surface area contributed by atoms with Gasteiger partial charge in [-0.25, -0.2) is 0 Å². The quantitative estimate of drug-likeness (QED) is 0.348. The number of hydrogen-bond donors (Lipinski definition) is 0. The van der Waals surface area contributed by atoms with Crippen molar-refractivity contribution in [1.82, 2.24) is 9.80 Å². The van der Waals surface area contributed by atoms with Gasteiger partial charge in [-0.3, -0.25) is 19.2 Å². The van der Waals surface area contributed by atoms with Gasteiger partial charge in [-0.2, -0.15) is 0 Å². The van der Waals surface area contributed by atoms with Gasteiger partial charge in [0.05, 0.1) is 39.9 Å². The van der Waals surface area contributed by atoms with Crippen LogP contribution in [0.25, 0.3) is 0 Å². The van der Waals surface area contributed by atoms with Crippen LogP contribution in [0, 0.1) is 0 Å². The van der Waals surface area contributed by atoms with E-state index < -0.39 is 12.1 Å². The third-order valence-electron chi connectivity index (χ3n) is 5.97. The van der Waals surface area contributed by atoms with Gasteiger partial charge < -0.3 is 24.0 Å². The second kappa shape index (κ2) is 13.4. The van der Waals surface area contributed by atoms with Crippen molar-refractivity contribution < 1.29 is 33.4 Å². The highest BCUT2D eigenvalue weighted by atomic mass is 16.5. The molecular formula is C27H32N2O7. The zero-order valence-corrected chi connectivity index (χ0v) is 20.7. The fraction of sp³-hybridized carbons (Fsp3) is 0.407. The van der Waals surface area contributed by atoms with E-state index in [1.807, 2.05) is 30.3 Å². The molecule has 1 aliphatic rings. The predicted octanol–water partition coefficient (Wildman–Crippen LogP) is 2.48. The summed E-state index contributed by atoms with van der Waals surface area (Å²) in [6.07, 6.45) is -0.389. The molecule has 3 rings (SSSR count). The first kappa shape index (κ1) is 26.9. The van der Waals surface area contributed by atoms with Gasteiger partial charge >= 0.3 is 5.97 Å². The number of carbonyl (C=O) groups is 4. The Hall–Kier alpha value is -3.72. The van der Waals surface area contributed by atoms with Crippen molar-refractivity contribution in [2.24, 2.45) is 0 Å². The SMILES string of the molecule is COC(=O)CCN1C[C@@H](OCc2cccc(OC)c2)CN(C(=O)CCC(=O)c2ccccc2)CC1=O. The van der Waals surface area contributed by atoms with Gasteiger partial charge in [0.25, 0.3) is 0 Å². The highest BCUT2D eigenvalue weighted by Crippen LogP contribution is 2.17. The van der Waals surface area contributed by atoms with Crippen molar-refractivity contribution in [2.45, 2.75) is 32.0 Å². The predicted molar refractivity (Wildman–Crippen MR) is 131 cm³/mol. The Labute approximate surface area is 210 Å². The second-order valence-electron chi connectivity index (χ2n) is 8.51. The molecule has 0 unspecified atom stereocenters. The van der Waals surface area contributed by atoms with Crippen molar-refractivity contribution >= 4 is 23.6 Å². The van der Waals surface area contributed by atoms with Gasteiger partial charge in [0.1, 0.15) is 5.75 Å². The molecule has 0 aliphatic carbocycles. The summed E-state index contributed by atoms with van der Waals surface area (Å²) < 4.78 is 16.1. The van der Waals surface area contributed by atoms with Crippen LogP contribution in [0.3, 0.4) is 0 Å². The maximum absolute atomic E-state index is 13.0. The lowest BCUT2D eigenvalue weighted by Gasteiger charge is -2.25. The molecule has 0 aromatic heterocycles. The Balaban J connectivity index is 1.67. The molecule has 1 atom stereocenters. The normalized spacial score (nSPS) is 15.8. The largest absolute Gasteiger partial charge is 0.497 e. The van der Waals surface area contributed by atoms with Crippen molar-refractivity contribution in [3.05, 3.63) is 65.7 Å². The minimum Gasteiger partial charge on any atom is -0.497 e. The maximum atomic E-state index is 13.0. The van der Waals surface area contributed by atoms with E-state index >= 15 is 0 Å². The van der Waals surface area contributed by atoms with Gasteiger partial charge in [0.15, 0.2) is 5.78 Å². The van der Waals surface area contributed by atoms with E-state index in [2.05, 4.69) is 0 Å². The molecule has 1 aliphatic heterocycles. The topological polar surface area (TPSA) is 102 Å². The van der Waals surface area contributed by atoms with Gasteiger partial charge in [-0.15, -0.1) is 0 Å². The minimum absolute atomic E-state index is 0.00816. The van der Waals surface area contributed by atoms with Crippen molar-refractivity contribution in [3.8, 4) is 5.75 Å². The lowest BCUT2D eigenvalue weighted by molar-refractivity contribution is -0.142. The molecule has 1 heterocycles. The molecule has 1 fully saturated rings. The monoisotopic (exact) mass is 496 g/mol. The second-order valence-corrected chi connectivity index (χ2v) is 8.51. The summed E-state index contributed by atoms with van der Waals surface area (Å²) >= 11 is 0. The number of hydrogen-bond acceptors (Lipinski definition) is 7. The van der Waals surface area contributed by atoms with E-state index in [4.69, 9.17) is 14.2 Å². The molecule has 2 aromatic carbocycles. The lowest BCUT2D eigenvalue weighted by atomic mass is 10.1. The molecule has 0 bridgehead atoms. The van der Waals surface area contributed by atoms with E-state index in [0.717, 1.165) is 5.56 Å². The number of amides is 2. The van der Waals surface area contributed by atoms with Crippen LogP contribution >= 0.6 is 0 Å². The summed E-state index contributed by atoms with van der Waals surface area (Å²) in [5, 5.41) is 0. The van der Waals surface area contributed by atoms with Crippen LogP contribution in [0.4, 0.5) is 0 Å². The molecule has 0 N–H and O–H groups in total. The fourth-order valence-electron chi connectivity index (χ4n) is 3.94. The highest BCUT2D eigenvalue weighted by molar-refractivity contribution is 5.98. The molecule has 2 amide bonds. The van der Waals surface area contributed by atoms with E-state index in [9.17, 15) is 19.2 Å². The molecule has 0 saturated carbocycles.